The monoisotopic (exact) mass is 364 g/mol. The van der Waals surface area contributed by atoms with Gasteiger partial charge < -0.3 is 5.32 Å². The first-order valence-corrected chi connectivity index (χ1v) is 9.59. The molecule has 0 saturated carbocycles. The van der Waals surface area contributed by atoms with Gasteiger partial charge in [0.25, 0.3) is 5.91 Å². The van der Waals surface area contributed by atoms with Gasteiger partial charge in [-0.25, -0.2) is 8.78 Å². The van der Waals surface area contributed by atoms with Crippen LogP contribution >= 0.6 is 11.3 Å². The van der Waals surface area contributed by atoms with E-state index in [2.05, 4.69) is 21.7 Å². The number of nitrogens with zero attached hydrogens (tertiary/aromatic N) is 1. The average Bonchev–Trinajstić information content (AvgIpc) is 3.00. The number of amides is 1. The maximum Gasteiger partial charge on any atom is 0.251 e. The fourth-order valence-electron chi connectivity index (χ4n) is 3.26. The van der Waals surface area contributed by atoms with Gasteiger partial charge in [0.1, 0.15) is 0 Å². The Morgan fingerprint density at radius 2 is 1.88 bits per heavy atom. The highest BCUT2D eigenvalue weighted by Gasteiger charge is 2.23. The second-order valence-electron chi connectivity index (χ2n) is 6.36. The van der Waals surface area contributed by atoms with Crippen LogP contribution in [0.25, 0.3) is 0 Å². The largest absolute Gasteiger partial charge is 0.350 e. The van der Waals surface area contributed by atoms with Crippen molar-refractivity contribution in [3.05, 3.63) is 57.8 Å². The summed E-state index contributed by atoms with van der Waals surface area (Å²) in [6.07, 6.45) is 4.82. The number of carbonyl (C=O) groups is 1. The molecule has 0 aliphatic carbocycles. The molecule has 2 aromatic rings. The summed E-state index contributed by atoms with van der Waals surface area (Å²) in [5.41, 5.74) is 1.33. The molecule has 25 heavy (non-hydrogen) atoms. The normalized spacial score (nSPS) is 17.0. The summed E-state index contributed by atoms with van der Waals surface area (Å²) in [5.74, 6) is -2.33. The molecule has 1 atom stereocenters. The molecule has 0 bridgehead atoms. The van der Waals surface area contributed by atoms with Gasteiger partial charge in [0.05, 0.1) is 6.04 Å². The van der Waals surface area contributed by atoms with E-state index in [0.29, 0.717) is 6.54 Å². The lowest BCUT2D eigenvalue weighted by Crippen LogP contribution is -2.38. The molecule has 134 valence electrons. The number of likely N-dealkylation sites (tertiary alicyclic amines) is 1. The van der Waals surface area contributed by atoms with Crippen LogP contribution in [0.4, 0.5) is 8.78 Å². The lowest BCUT2D eigenvalue weighted by Gasteiger charge is -2.30. The van der Waals surface area contributed by atoms with E-state index >= 15 is 0 Å². The first-order valence-electron chi connectivity index (χ1n) is 8.64. The molecule has 1 aliphatic heterocycles. The molecular formula is C19H22F2N2OS. The second kappa shape index (κ2) is 8.54. The van der Waals surface area contributed by atoms with Gasteiger partial charge in [-0.05, 0) is 66.5 Å². The van der Waals surface area contributed by atoms with Crippen molar-refractivity contribution in [1.82, 2.24) is 10.2 Å². The van der Waals surface area contributed by atoms with Gasteiger partial charge in [0.2, 0.25) is 0 Å². The molecule has 0 spiro atoms. The van der Waals surface area contributed by atoms with Crippen molar-refractivity contribution >= 4 is 17.2 Å². The van der Waals surface area contributed by atoms with E-state index in [1.165, 1.54) is 24.5 Å². The van der Waals surface area contributed by atoms with Crippen LogP contribution in [0.15, 0.2) is 35.0 Å². The van der Waals surface area contributed by atoms with Gasteiger partial charge in [-0.15, -0.1) is 0 Å². The fraction of sp³-hybridized carbons (Fsp3) is 0.421. The molecule has 3 rings (SSSR count). The number of hydrogen-bond acceptors (Lipinski definition) is 3. The zero-order chi connectivity index (χ0) is 17.6. The Labute approximate surface area is 150 Å². The number of thiophene rings is 1. The summed E-state index contributed by atoms with van der Waals surface area (Å²) in [6, 6.07) is 5.42. The van der Waals surface area contributed by atoms with Crippen LogP contribution in [0.5, 0.6) is 0 Å². The molecule has 1 fully saturated rings. The zero-order valence-corrected chi connectivity index (χ0v) is 14.8. The number of benzene rings is 1. The van der Waals surface area contributed by atoms with Crippen molar-refractivity contribution in [3.63, 3.8) is 0 Å². The Bertz CT molecular complexity index is 697. The Hall–Kier alpha value is -1.79. The molecule has 1 aromatic carbocycles. The topological polar surface area (TPSA) is 32.3 Å². The van der Waals surface area contributed by atoms with E-state index in [1.807, 2.05) is 5.38 Å². The summed E-state index contributed by atoms with van der Waals surface area (Å²) < 4.78 is 26.4. The molecule has 1 amide bonds. The van der Waals surface area contributed by atoms with Gasteiger partial charge in [-0.3, -0.25) is 9.69 Å². The molecule has 1 N–H and O–H groups in total. The number of rotatable bonds is 5. The van der Waals surface area contributed by atoms with Crippen molar-refractivity contribution < 1.29 is 13.6 Å². The lowest BCUT2D eigenvalue weighted by molar-refractivity contribution is 0.0932. The highest BCUT2D eigenvalue weighted by Crippen LogP contribution is 2.25. The molecule has 0 radical (unpaired) electrons. The first kappa shape index (κ1) is 18.0. The van der Waals surface area contributed by atoms with Gasteiger partial charge in [0, 0.05) is 12.1 Å². The van der Waals surface area contributed by atoms with Crippen molar-refractivity contribution in [2.45, 2.75) is 31.7 Å². The number of halogens is 2. The third kappa shape index (κ3) is 4.64. The van der Waals surface area contributed by atoms with E-state index in [1.54, 1.807) is 11.3 Å². The van der Waals surface area contributed by atoms with E-state index < -0.39 is 11.6 Å². The van der Waals surface area contributed by atoms with Crippen LogP contribution < -0.4 is 5.32 Å². The molecule has 1 unspecified atom stereocenters. The smallest absolute Gasteiger partial charge is 0.251 e. The Morgan fingerprint density at radius 1 is 1.12 bits per heavy atom. The average molecular weight is 364 g/mol. The molecule has 1 aliphatic rings. The Kier molecular flexibility index (Phi) is 6.15. The maximum atomic E-state index is 13.3. The summed E-state index contributed by atoms with van der Waals surface area (Å²) in [7, 11) is 0. The van der Waals surface area contributed by atoms with Crippen molar-refractivity contribution in [3.8, 4) is 0 Å². The zero-order valence-electron chi connectivity index (χ0n) is 14.0. The van der Waals surface area contributed by atoms with Gasteiger partial charge in [-0.1, -0.05) is 12.8 Å². The standard InChI is InChI=1S/C19H22F2N2OS/c20-16-6-5-14(11-17(16)21)19(24)22-12-18(15-7-10-25-13-15)23-8-3-1-2-4-9-23/h5-7,10-11,13,18H,1-4,8-9,12H2,(H,22,24). The molecule has 3 nitrogen and oxygen atoms in total. The summed E-state index contributed by atoms with van der Waals surface area (Å²) in [5, 5.41) is 7.04. The third-order valence-corrected chi connectivity index (χ3v) is 5.35. The van der Waals surface area contributed by atoms with Crippen LogP contribution in [-0.2, 0) is 0 Å². The maximum absolute atomic E-state index is 13.3. The number of nitrogens with one attached hydrogen (secondary N) is 1. The van der Waals surface area contributed by atoms with Gasteiger partial charge >= 0.3 is 0 Å². The number of hydrogen-bond donors (Lipinski definition) is 1. The summed E-state index contributed by atoms with van der Waals surface area (Å²) in [4.78, 5) is 14.7. The highest BCUT2D eigenvalue weighted by molar-refractivity contribution is 7.07. The van der Waals surface area contributed by atoms with Crippen LogP contribution in [-0.4, -0.2) is 30.4 Å². The minimum absolute atomic E-state index is 0.110. The molecule has 1 aromatic heterocycles. The fourth-order valence-corrected chi connectivity index (χ4v) is 3.97. The van der Waals surface area contributed by atoms with E-state index in [9.17, 15) is 13.6 Å². The summed E-state index contributed by atoms with van der Waals surface area (Å²) >= 11 is 1.64. The van der Waals surface area contributed by atoms with Crippen LogP contribution in [0.3, 0.4) is 0 Å². The molecular weight excluding hydrogens is 342 g/mol. The SMILES string of the molecule is O=C(NCC(c1ccsc1)N1CCCCCC1)c1ccc(F)c(F)c1. The van der Waals surface area contributed by atoms with Crippen molar-refractivity contribution in [2.24, 2.45) is 0 Å². The first-order chi connectivity index (χ1) is 12.1. The van der Waals surface area contributed by atoms with E-state index in [-0.39, 0.29) is 17.5 Å². The van der Waals surface area contributed by atoms with E-state index in [0.717, 1.165) is 38.1 Å². The minimum atomic E-state index is -1.01. The van der Waals surface area contributed by atoms with Crippen LogP contribution in [0.1, 0.15) is 47.6 Å². The number of carbonyl (C=O) groups excluding carboxylic acids is 1. The Balaban J connectivity index is 1.69. The van der Waals surface area contributed by atoms with E-state index in [4.69, 9.17) is 0 Å². The molecule has 6 heteroatoms. The second-order valence-corrected chi connectivity index (χ2v) is 7.14. The van der Waals surface area contributed by atoms with Gasteiger partial charge in [-0.2, -0.15) is 11.3 Å². The Morgan fingerprint density at radius 3 is 2.52 bits per heavy atom. The van der Waals surface area contributed by atoms with Crippen molar-refractivity contribution in [1.29, 1.82) is 0 Å². The highest BCUT2D eigenvalue weighted by atomic mass is 32.1. The predicted molar refractivity (Wildman–Crippen MR) is 95.8 cm³/mol. The van der Waals surface area contributed by atoms with Crippen LogP contribution in [0.2, 0.25) is 0 Å². The minimum Gasteiger partial charge on any atom is -0.350 e. The molecule has 1 saturated heterocycles. The lowest BCUT2D eigenvalue weighted by atomic mass is 10.1. The predicted octanol–water partition coefficient (Wildman–Crippen LogP) is 4.37. The van der Waals surface area contributed by atoms with Gasteiger partial charge in [0.15, 0.2) is 11.6 Å². The third-order valence-electron chi connectivity index (χ3n) is 4.65. The summed E-state index contributed by atoms with van der Waals surface area (Å²) in [6.45, 7) is 2.48. The van der Waals surface area contributed by atoms with Crippen LogP contribution in [0, 0.1) is 11.6 Å². The molecule has 2 heterocycles. The quantitative estimate of drug-likeness (QED) is 0.854. The van der Waals surface area contributed by atoms with Crippen molar-refractivity contribution in [2.75, 3.05) is 19.6 Å².